The Kier molecular flexibility index (Phi) is 7.56. The summed E-state index contributed by atoms with van der Waals surface area (Å²) in [5.74, 6) is 2.42. The fraction of sp³-hybridized carbons (Fsp3) is 0.391. The maximum atomic E-state index is 12.1. The van der Waals surface area contributed by atoms with Crippen LogP contribution < -0.4 is 25.3 Å². The summed E-state index contributed by atoms with van der Waals surface area (Å²) in [5, 5.41) is 12.3. The lowest BCUT2D eigenvalue weighted by molar-refractivity contribution is -0.127. The van der Waals surface area contributed by atoms with Gasteiger partial charge in [0.05, 0.1) is 26.9 Å². The number of likely N-dealkylation sites (tertiary alicyclic amines) is 1. The van der Waals surface area contributed by atoms with E-state index in [1.807, 2.05) is 6.07 Å². The first-order chi connectivity index (χ1) is 15.9. The van der Waals surface area contributed by atoms with Crippen molar-refractivity contribution >= 4 is 17.5 Å². The lowest BCUT2D eigenvalue weighted by atomic mass is 9.96. The number of ether oxygens (including phenoxy) is 3. The zero-order valence-corrected chi connectivity index (χ0v) is 19.1. The van der Waals surface area contributed by atoms with Gasteiger partial charge >= 0.3 is 0 Å². The Morgan fingerprint density at radius 1 is 1.21 bits per heavy atom. The fourth-order valence-corrected chi connectivity index (χ4v) is 3.86. The molecular weight excluding hydrogens is 424 g/mol. The summed E-state index contributed by atoms with van der Waals surface area (Å²) in [7, 11) is 4.64. The molecule has 1 aromatic heterocycles. The summed E-state index contributed by atoms with van der Waals surface area (Å²) in [4.78, 5) is 22.4. The number of hydrogen-bond acceptors (Lipinski definition) is 9. The van der Waals surface area contributed by atoms with E-state index in [9.17, 15) is 4.79 Å². The van der Waals surface area contributed by atoms with E-state index in [1.165, 1.54) is 6.33 Å². The van der Waals surface area contributed by atoms with Crippen LogP contribution in [0.2, 0.25) is 0 Å². The third kappa shape index (κ3) is 5.09. The largest absolute Gasteiger partial charge is 0.493 e. The van der Waals surface area contributed by atoms with E-state index in [0.29, 0.717) is 60.0 Å². The van der Waals surface area contributed by atoms with Crippen LogP contribution in [0, 0.1) is 17.2 Å². The standard InChI is InChI=1S/C23H28N6O4/c1-14(11-24)23(30)29-7-5-15(6-8-29)12-26-22-19(21(25)27-13-28-22)16-9-17(31-2)20(33-4)18(10-16)32-3/h9-10,13,15H,1,5-8,12H2,2-4H3,(H3,25,26,27,28). The summed E-state index contributed by atoms with van der Waals surface area (Å²) >= 11 is 0. The number of methoxy groups -OCH3 is 3. The van der Waals surface area contributed by atoms with Gasteiger partial charge in [0.15, 0.2) is 11.5 Å². The Hall–Kier alpha value is -4.00. The zero-order chi connectivity index (χ0) is 24.0. The number of aromatic nitrogens is 2. The number of rotatable bonds is 8. The summed E-state index contributed by atoms with van der Waals surface area (Å²) in [5.41, 5.74) is 7.55. The summed E-state index contributed by atoms with van der Waals surface area (Å²) in [6, 6.07) is 5.42. The lowest BCUT2D eigenvalue weighted by Gasteiger charge is -2.32. The van der Waals surface area contributed by atoms with E-state index < -0.39 is 0 Å². The fourth-order valence-electron chi connectivity index (χ4n) is 3.86. The van der Waals surface area contributed by atoms with Crippen LogP contribution >= 0.6 is 0 Å². The minimum absolute atomic E-state index is 0.0296. The predicted molar refractivity (Wildman–Crippen MR) is 124 cm³/mol. The number of nitrogens with zero attached hydrogens (tertiary/aromatic N) is 4. The van der Waals surface area contributed by atoms with Crippen LogP contribution in [-0.4, -0.2) is 61.7 Å². The second-order valence-electron chi connectivity index (χ2n) is 7.60. The highest BCUT2D eigenvalue weighted by Gasteiger charge is 2.25. The number of benzene rings is 1. The van der Waals surface area contributed by atoms with Crippen LogP contribution in [0.1, 0.15) is 12.8 Å². The van der Waals surface area contributed by atoms with Gasteiger partial charge in [-0.1, -0.05) is 6.58 Å². The number of piperidine rings is 1. The number of nitrogens with one attached hydrogen (secondary N) is 1. The first-order valence-electron chi connectivity index (χ1n) is 10.5. The molecule has 0 radical (unpaired) electrons. The highest BCUT2D eigenvalue weighted by molar-refractivity contribution is 5.96. The molecule has 0 unspecified atom stereocenters. The van der Waals surface area contributed by atoms with Crippen molar-refractivity contribution in [2.45, 2.75) is 12.8 Å². The van der Waals surface area contributed by atoms with E-state index in [2.05, 4.69) is 21.9 Å². The van der Waals surface area contributed by atoms with E-state index in [4.69, 9.17) is 25.2 Å². The molecule has 2 heterocycles. The Balaban J connectivity index is 1.78. The van der Waals surface area contributed by atoms with E-state index in [0.717, 1.165) is 18.4 Å². The summed E-state index contributed by atoms with van der Waals surface area (Å²) in [6.07, 6.45) is 3.02. The smallest absolute Gasteiger partial charge is 0.263 e. The predicted octanol–water partition coefficient (Wildman–Crippen LogP) is 2.48. The Labute approximate surface area is 193 Å². The molecule has 0 aliphatic carbocycles. The monoisotopic (exact) mass is 452 g/mol. The van der Waals surface area contributed by atoms with Crippen LogP contribution in [0.15, 0.2) is 30.6 Å². The van der Waals surface area contributed by atoms with Gasteiger partial charge in [-0.05, 0) is 36.5 Å². The molecule has 1 aliphatic heterocycles. The number of amides is 1. The number of nitrogens with two attached hydrogens (primary N) is 1. The number of nitrogen functional groups attached to an aromatic ring is 1. The van der Waals surface area contributed by atoms with Gasteiger partial charge in [-0.15, -0.1) is 0 Å². The van der Waals surface area contributed by atoms with Gasteiger partial charge in [-0.3, -0.25) is 4.79 Å². The molecule has 10 heteroatoms. The zero-order valence-electron chi connectivity index (χ0n) is 19.1. The average molecular weight is 453 g/mol. The molecule has 0 saturated carbocycles. The first-order valence-corrected chi connectivity index (χ1v) is 10.5. The molecule has 2 aromatic rings. The summed E-state index contributed by atoms with van der Waals surface area (Å²) in [6.45, 7) is 5.32. The third-order valence-electron chi connectivity index (χ3n) is 5.68. The topological polar surface area (TPSA) is 136 Å². The van der Waals surface area contributed by atoms with Crippen molar-refractivity contribution in [2.24, 2.45) is 5.92 Å². The summed E-state index contributed by atoms with van der Waals surface area (Å²) < 4.78 is 16.3. The minimum atomic E-state index is -0.294. The van der Waals surface area contributed by atoms with E-state index >= 15 is 0 Å². The molecule has 1 saturated heterocycles. The Morgan fingerprint density at radius 2 is 1.85 bits per heavy atom. The Bertz CT molecular complexity index is 1050. The molecule has 1 fully saturated rings. The third-order valence-corrected chi connectivity index (χ3v) is 5.68. The van der Waals surface area contributed by atoms with E-state index in [1.54, 1.807) is 38.4 Å². The Morgan fingerprint density at radius 3 is 2.39 bits per heavy atom. The molecule has 1 amide bonds. The second kappa shape index (κ2) is 10.5. The highest BCUT2D eigenvalue weighted by Crippen LogP contribution is 2.43. The molecule has 0 bridgehead atoms. The molecule has 0 spiro atoms. The highest BCUT2D eigenvalue weighted by atomic mass is 16.5. The molecule has 174 valence electrons. The van der Waals surface area contributed by atoms with Crippen molar-refractivity contribution in [1.82, 2.24) is 14.9 Å². The molecule has 3 N–H and O–H groups in total. The van der Waals surface area contributed by atoms with Crippen molar-refractivity contribution in [3.05, 3.63) is 30.6 Å². The van der Waals surface area contributed by atoms with Crippen molar-refractivity contribution in [3.8, 4) is 34.4 Å². The van der Waals surface area contributed by atoms with Crippen LogP contribution in [0.5, 0.6) is 17.2 Å². The van der Waals surface area contributed by atoms with Gasteiger partial charge in [0.2, 0.25) is 5.75 Å². The SMILES string of the molecule is C=C(C#N)C(=O)N1CCC(CNc2ncnc(N)c2-c2cc(OC)c(OC)c(OC)c2)CC1. The van der Waals surface area contributed by atoms with Gasteiger partial charge in [0, 0.05) is 19.6 Å². The normalized spacial score (nSPS) is 13.7. The molecule has 3 rings (SSSR count). The van der Waals surface area contributed by atoms with Crippen molar-refractivity contribution in [1.29, 1.82) is 5.26 Å². The van der Waals surface area contributed by atoms with Gasteiger partial charge in [-0.25, -0.2) is 9.97 Å². The van der Waals surface area contributed by atoms with Crippen molar-refractivity contribution < 1.29 is 19.0 Å². The van der Waals surface area contributed by atoms with Crippen LogP contribution in [-0.2, 0) is 4.79 Å². The van der Waals surface area contributed by atoms with Crippen LogP contribution in [0.3, 0.4) is 0 Å². The number of carbonyl (C=O) groups excluding carboxylic acids is 1. The first kappa shape index (κ1) is 23.7. The minimum Gasteiger partial charge on any atom is -0.493 e. The van der Waals surface area contributed by atoms with Crippen LogP contribution in [0.25, 0.3) is 11.1 Å². The van der Waals surface area contributed by atoms with Crippen molar-refractivity contribution in [2.75, 3.05) is 52.0 Å². The molecule has 0 atom stereocenters. The van der Waals surface area contributed by atoms with E-state index in [-0.39, 0.29) is 11.5 Å². The quantitative estimate of drug-likeness (QED) is 0.457. The van der Waals surface area contributed by atoms with Gasteiger partial charge in [0.1, 0.15) is 29.6 Å². The number of nitriles is 1. The molecule has 10 nitrogen and oxygen atoms in total. The average Bonchev–Trinajstić information content (AvgIpc) is 2.85. The van der Waals surface area contributed by atoms with Crippen molar-refractivity contribution in [3.63, 3.8) is 0 Å². The van der Waals surface area contributed by atoms with Gasteiger partial charge in [-0.2, -0.15) is 5.26 Å². The molecular formula is C23H28N6O4. The molecule has 33 heavy (non-hydrogen) atoms. The van der Waals surface area contributed by atoms with Gasteiger partial charge < -0.3 is 30.2 Å². The number of carbonyl (C=O) groups is 1. The lowest BCUT2D eigenvalue weighted by Crippen LogP contribution is -2.40. The van der Waals surface area contributed by atoms with Gasteiger partial charge in [0.25, 0.3) is 5.91 Å². The molecule has 1 aromatic carbocycles. The maximum Gasteiger partial charge on any atom is 0.263 e. The second-order valence-corrected chi connectivity index (χ2v) is 7.60. The number of hydrogen-bond donors (Lipinski definition) is 2. The maximum absolute atomic E-state index is 12.1. The number of anilines is 2. The molecule has 1 aliphatic rings. The van der Waals surface area contributed by atoms with Crippen LogP contribution in [0.4, 0.5) is 11.6 Å².